The summed E-state index contributed by atoms with van der Waals surface area (Å²) >= 11 is 0. The maximum Gasteiger partial charge on any atom is 0.255 e. The number of nitrogens with one attached hydrogen (secondary N) is 3. The van der Waals surface area contributed by atoms with Crippen LogP contribution >= 0.6 is 0 Å². The molecule has 39 heavy (non-hydrogen) atoms. The lowest BCUT2D eigenvalue weighted by Gasteiger charge is -2.37. The first-order valence-electron chi connectivity index (χ1n) is 14.9. The van der Waals surface area contributed by atoms with Crippen LogP contribution in [0.15, 0.2) is 18.2 Å². The quantitative estimate of drug-likeness (QED) is 0.298. The highest BCUT2D eigenvalue weighted by atomic mass is 16.2. The second-order valence-corrected chi connectivity index (χ2v) is 10.4. The van der Waals surface area contributed by atoms with Crippen LogP contribution in [0, 0.1) is 5.92 Å². The van der Waals surface area contributed by atoms with Crippen molar-refractivity contribution in [3.8, 4) is 0 Å². The molecular weight excluding hydrogens is 494 g/mol. The van der Waals surface area contributed by atoms with E-state index in [-0.39, 0.29) is 24.1 Å². The van der Waals surface area contributed by atoms with E-state index < -0.39 is 6.04 Å². The monoisotopic (exact) mass is 543 g/mol. The third-order valence-electron chi connectivity index (χ3n) is 7.78. The van der Waals surface area contributed by atoms with Crippen molar-refractivity contribution in [2.45, 2.75) is 59.0 Å². The van der Waals surface area contributed by atoms with E-state index >= 15 is 0 Å². The highest BCUT2D eigenvalue weighted by Gasteiger charge is 2.39. The van der Waals surface area contributed by atoms with Gasteiger partial charge in [0, 0.05) is 83.1 Å². The zero-order valence-electron chi connectivity index (χ0n) is 24.1. The highest BCUT2D eigenvalue weighted by Crippen LogP contribution is 2.32. The van der Waals surface area contributed by atoms with Gasteiger partial charge in [-0.05, 0) is 55.5 Å². The van der Waals surface area contributed by atoms with Gasteiger partial charge in [-0.25, -0.2) is 0 Å². The molecule has 0 aliphatic carbocycles. The molecule has 0 radical (unpaired) electrons. The van der Waals surface area contributed by atoms with Crippen molar-refractivity contribution in [2.24, 2.45) is 11.7 Å². The molecule has 4 aliphatic heterocycles. The summed E-state index contributed by atoms with van der Waals surface area (Å²) in [5, 5.41) is 8.85. The molecule has 4 aliphatic rings. The van der Waals surface area contributed by atoms with Crippen LogP contribution in [0.3, 0.4) is 0 Å². The summed E-state index contributed by atoms with van der Waals surface area (Å²) in [6.45, 7) is 17.0. The minimum absolute atomic E-state index is 0.106. The Labute approximate surface area is 234 Å². The lowest BCUT2D eigenvalue weighted by atomic mass is 9.95. The predicted molar refractivity (Wildman–Crippen MR) is 156 cm³/mol. The molecule has 1 aromatic carbocycles. The van der Waals surface area contributed by atoms with Crippen molar-refractivity contribution in [1.82, 2.24) is 25.8 Å². The summed E-state index contributed by atoms with van der Waals surface area (Å²) in [7, 11) is 0. The van der Waals surface area contributed by atoms with Gasteiger partial charge in [0.2, 0.25) is 11.8 Å². The number of amides is 3. The number of piperazine rings is 1. The van der Waals surface area contributed by atoms with E-state index in [2.05, 4.69) is 38.7 Å². The number of benzene rings is 1. The van der Waals surface area contributed by atoms with E-state index in [4.69, 9.17) is 5.73 Å². The molecule has 0 saturated carbocycles. The molecule has 0 bridgehead atoms. The van der Waals surface area contributed by atoms with Gasteiger partial charge in [0.05, 0.1) is 0 Å². The van der Waals surface area contributed by atoms with Gasteiger partial charge in [0.25, 0.3) is 5.91 Å². The predicted octanol–water partition coefficient (Wildman–Crippen LogP) is 1.15. The molecule has 4 heterocycles. The first kappa shape index (κ1) is 31.0. The minimum Gasteiger partial charge on any atom is -0.372 e. The average molecular weight is 544 g/mol. The van der Waals surface area contributed by atoms with Gasteiger partial charge in [-0.1, -0.05) is 20.8 Å². The van der Waals surface area contributed by atoms with Crippen LogP contribution in [0.1, 0.15) is 62.4 Å². The van der Waals surface area contributed by atoms with E-state index in [1.165, 1.54) is 19.4 Å². The summed E-state index contributed by atoms with van der Waals surface area (Å²) in [6.07, 6.45) is 3.08. The number of imide groups is 1. The van der Waals surface area contributed by atoms with Crippen LogP contribution in [0.25, 0.3) is 0 Å². The van der Waals surface area contributed by atoms with Crippen LogP contribution in [0.4, 0.5) is 5.69 Å². The molecule has 1 aromatic rings. The number of likely N-dealkylation sites (N-methyl/N-ethyl adjacent to an activating group) is 1. The van der Waals surface area contributed by atoms with Gasteiger partial charge >= 0.3 is 0 Å². The van der Waals surface area contributed by atoms with Crippen molar-refractivity contribution in [3.63, 3.8) is 0 Å². The lowest BCUT2D eigenvalue weighted by molar-refractivity contribution is -0.136. The summed E-state index contributed by atoms with van der Waals surface area (Å²) in [5.41, 5.74) is 7.98. The Balaban J connectivity index is 0.000000467. The van der Waals surface area contributed by atoms with Crippen LogP contribution in [-0.2, 0) is 16.1 Å². The molecule has 0 aromatic heterocycles. The Morgan fingerprint density at radius 3 is 2.36 bits per heavy atom. The number of carbonyl (C=O) groups excluding carboxylic acids is 3. The first-order chi connectivity index (χ1) is 19.0. The minimum atomic E-state index is -0.554. The van der Waals surface area contributed by atoms with E-state index in [1.807, 2.05) is 26.0 Å². The van der Waals surface area contributed by atoms with E-state index in [9.17, 15) is 14.4 Å². The Bertz CT molecular complexity index is 939. The molecule has 218 valence electrons. The van der Waals surface area contributed by atoms with Crippen LogP contribution in [-0.4, -0.2) is 99.0 Å². The topological polar surface area (TPSA) is 123 Å². The SMILES string of the molecule is CC.CCNCCN.O=C1CCC(N2Cc3cc(N4CCC(CN5CCNCC5)CC4)ccc3C2=O)C(=O)N1. The number of fused-ring (bicyclic) bond motifs is 1. The van der Waals surface area contributed by atoms with Crippen molar-refractivity contribution in [2.75, 3.05) is 70.3 Å². The summed E-state index contributed by atoms with van der Waals surface area (Å²) in [4.78, 5) is 43.2. The smallest absolute Gasteiger partial charge is 0.255 e. The van der Waals surface area contributed by atoms with Gasteiger partial charge < -0.3 is 31.1 Å². The Morgan fingerprint density at radius 1 is 1.03 bits per heavy atom. The molecule has 5 N–H and O–H groups in total. The number of hydrogen-bond donors (Lipinski definition) is 4. The summed E-state index contributed by atoms with van der Waals surface area (Å²) in [5.74, 6) is 0.0383. The van der Waals surface area contributed by atoms with Gasteiger partial charge in [-0.3, -0.25) is 19.7 Å². The fourth-order valence-corrected chi connectivity index (χ4v) is 5.67. The van der Waals surface area contributed by atoms with Crippen molar-refractivity contribution in [3.05, 3.63) is 29.3 Å². The Morgan fingerprint density at radius 2 is 1.74 bits per heavy atom. The Hall–Kier alpha value is -2.53. The van der Waals surface area contributed by atoms with Crippen molar-refractivity contribution >= 4 is 23.4 Å². The number of carbonyl (C=O) groups is 3. The zero-order chi connectivity index (χ0) is 28.2. The van der Waals surface area contributed by atoms with Gasteiger partial charge in [-0.15, -0.1) is 0 Å². The standard InChI is InChI=1S/C23H31N5O3.C4H12N2.C2H6/c29-21-4-3-20(22(30)25-21)28-15-17-13-18(1-2-19(17)23(28)31)27-9-5-16(6-10-27)14-26-11-7-24-8-12-26;1-2-6-4-3-5;1-2/h1-2,13,16,20,24H,3-12,14-15H2,(H,25,29,30);6H,2-5H2,1H3;1-2H3. The number of rotatable bonds is 7. The van der Waals surface area contributed by atoms with Gasteiger partial charge in [0.15, 0.2) is 0 Å². The number of anilines is 1. The summed E-state index contributed by atoms with van der Waals surface area (Å²) < 4.78 is 0. The molecule has 5 rings (SSSR count). The Kier molecular flexibility index (Phi) is 12.6. The molecule has 3 saturated heterocycles. The van der Waals surface area contributed by atoms with Crippen LogP contribution in [0.2, 0.25) is 0 Å². The second kappa shape index (κ2) is 15.9. The van der Waals surface area contributed by atoms with E-state index in [1.54, 1.807) is 4.90 Å². The molecule has 3 amide bonds. The third kappa shape index (κ3) is 8.48. The molecule has 3 fully saturated rings. The molecule has 10 heteroatoms. The molecule has 0 spiro atoms. The molecular formula is C29H49N7O3. The number of nitrogens with two attached hydrogens (primary N) is 1. The van der Waals surface area contributed by atoms with E-state index in [0.717, 1.165) is 76.1 Å². The molecule has 1 unspecified atom stereocenters. The third-order valence-corrected chi connectivity index (χ3v) is 7.78. The number of nitrogens with zero attached hydrogens (tertiary/aromatic N) is 3. The van der Waals surface area contributed by atoms with Crippen LogP contribution in [0.5, 0.6) is 0 Å². The normalized spacial score (nSPS) is 21.9. The highest BCUT2D eigenvalue weighted by molar-refractivity contribution is 6.05. The van der Waals surface area contributed by atoms with Crippen molar-refractivity contribution in [1.29, 1.82) is 0 Å². The number of hydrogen-bond acceptors (Lipinski definition) is 8. The van der Waals surface area contributed by atoms with Gasteiger partial charge in [0.1, 0.15) is 6.04 Å². The van der Waals surface area contributed by atoms with Crippen molar-refractivity contribution < 1.29 is 14.4 Å². The fraction of sp³-hybridized carbons (Fsp3) is 0.690. The lowest BCUT2D eigenvalue weighted by Crippen LogP contribution is -2.52. The van der Waals surface area contributed by atoms with Gasteiger partial charge in [-0.2, -0.15) is 0 Å². The maximum atomic E-state index is 12.9. The van der Waals surface area contributed by atoms with E-state index in [0.29, 0.717) is 18.5 Å². The molecule has 1 atom stereocenters. The zero-order valence-corrected chi connectivity index (χ0v) is 24.1. The summed E-state index contributed by atoms with van der Waals surface area (Å²) in [6, 6.07) is 5.52. The largest absolute Gasteiger partial charge is 0.372 e. The molecule has 10 nitrogen and oxygen atoms in total. The second-order valence-electron chi connectivity index (χ2n) is 10.4. The first-order valence-corrected chi connectivity index (χ1v) is 14.9. The maximum absolute atomic E-state index is 12.9. The number of piperidine rings is 2. The van der Waals surface area contributed by atoms with Crippen LogP contribution < -0.4 is 26.6 Å². The average Bonchev–Trinajstić information content (AvgIpc) is 3.29. The fourth-order valence-electron chi connectivity index (χ4n) is 5.67.